The van der Waals surface area contributed by atoms with Crippen LogP contribution in [0.2, 0.25) is 0 Å². The van der Waals surface area contributed by atoms with Gasteiger partial charge in [0.05, 0.1) is 12.0 Å². The maximum atomic E-state index is 13.0. The van der Waals surface area contributed by atoms with E-state index in [-0.39, 0.29) is 24.5 Å². The number of hydrogen-bond acceptors (Lipinski definition) is 3. The largest absolute Gasteiger partial charge is 0.480 e. The van der Waals surface area contributed by atoms with Gasteiger partial charge in [-0.3, -0.25) is 14.5 Å². The summed E-state index contributed by atoms with van der Waals surface area (Å²) in [7, 11) is 0. The Morgan fingerprint density at radius 3 is 2.24 bits per heavy atom. The number of carbonyl (C=O) groups is 2. The van der Waals surface area contributed by atoms with E-state index >= 15 is 0 Å². The first-order chi connectivity index (χ1) is 12.0. The van der Waals surface area contributed by atoms with E-state index in [1.165, 1.54) is 0 Å². The Hall–Kier alpha value is -1.88. The molecule has 5 heteroatoms. The molecule has 0 radical (unpaired) electrons. The van der Waals surface area contributed by atoms with Gasteiger partial charge in [-0.1, -0.05) is 51.1 Å². The molecule has 0 spiro atoms. The maximum Gasteiger partial charge on any atom is 0.317 e. The molecule has 0 saturated heterocycles. The average molecular weight is 346 g/mol. The van der Waals surface area contributed by atoms with Gasteiger partial charge in [0.1, 0.15) is 0 Å². The minimum Gasteiger partial charge on any atom is -0.480 e. The molecule has 5 nitrogen and oxygen atoms in total. The lowest BCUT2D eigenvalue weighted by Crippen LogP contribution is -2.57. The van der Waals surface area contributed by atoms with Crippen LogP contribution in [0.1, 0.15) is 52.0 Å². The fourth-order valence-electron chi connectivity index (χ4n) is 3.87. The molecule has 1 fully saturated rings. The summed E-state index contributed by atoms with van der Waals surface area (Å²) in [5, 5.41) is 12.2. The van der Waals surface area contributed by atoms with E-state index in [9.17, 15) is 9.59 Å². The summed E-state index contributed by atoms with van der Waals surface area (Å²) in [6.07, 6.45) is 3.17. The minimum absolute atomic E-state index is 0.0692. The molecule has 2 N–H and O–H groups in total. The van der Waals surface area contributed by atoms with Crippen molar-refractivity contribution >= 4 is 11.9 Å². The number of carboxylic acids is 1. The predicted molar refractivity (Wildman–Crippen MR) is 98.5 cm³/mol. The van der Waals surface area contributed by atoms with E-state index in [1.807, 2.05) is 42.2 Å². The number of amides is 1. The van der Waals surface area contributed by atoms with Crippen LogP contribution in [-0.2, 0) is 15.0 Å². The van der Waals surface area contributed by atoms with Crippen molar-refractivity contribution in [3.8, 4) is 0 Å². The van der Waals surface area contributed by atoms with Crippen LogP contribution in [0.25, 0.3) is 0 Å². The molecule has 138 valence electrons. The zero-order valence-corrected chi connectivity index (χ0v) is 15.5. The third-order valence-corrected chi connectivity index (χ3v) is 5.68. The highest BCUT2D eigenvalue weighted by atomic mass is 16.4. The number of hydrogen-bond donors (Lipinski definition) is 2. The van der Waals surface area contributed by atoms with E-state index in [0.717, 1.165) is 37.8 Å². The second-order valence-electron chi connectivity index (χ2n) is 6.91. The maximum absolute atomic E-state index is 13.0. The van der Waals surface area contributed by atoms with Crippen molar-refractivity contribution in [2.75, 3.05) is 13.1 Å². The van der Waals surface area contributed by atoms with Gasteiger partial charge >= 0.3 is 5.97 Å². The van der Waals surface area contributed by atoms with Crippen molar-refractivity contribution in [1.82, 2.24) is 10.2 Å². The molecular weight excluding hydrogens is 316 g/mol. The lowest BCUT2D eigenvalue weighted by molar-refractivity contribution is -0.140. The summed E-state index contributed by atoms with van der Waals surface area (Å²) >= 11 is 0. The van der Waals surface area contributed by atoms with E-state index in [4.69, 9.17) is 5.11 Å². The van der Waals surface area contributed by atoms with Gasteiger partial charge in [0.25, 0.3) is 0 Å². The molecule has 0 atom stereocenters. The highest BCUT2D eigenvalue weighted by Gasteiger charge is 2.41. The first kappa shape index (κ1) is 19.4. The van der Waals surface area contributed by atoms with Gasteiger partial charge in [-0.2, -0.15) is 0 Å². The van der Waals surface area contributed by atoms with Crippen LogP contribution in [0.15, 0.2) is 30.3 Å². The molecule has 1 aromatic carbocycles. The van der Waals surface area contributed by atoms with Gasteiger partial charge in [-0.25, -0.2) is 0 Å². The number of nitrogens with one attached hydrogen (secondary N) is 1. The van der Waals surface area contributed by atoms with Crippen molar-refractivity contribution in [2.45, 2.75) is 64.0 Å². The van der Waals surface area contributed by atoms with Crippen molar-refractivity contribution in [1.29, 1.82) is 0 Å². The molecule has 1 aliphatic rings. The zero-order valence-electron chi connectivity index (χ0n) is 15.5. The van der Waals surface area contributed by atoms with Crippen LogP contribution in [0.3, 0.4) is 0 Å². The van der Waals surface area contributed by atoms with E-state index < -0.39 is 11.4 Å². The van der Waals surface area contributed by atoms with Crippen LogP contribution in [-0.4, -0.2) is 47.1 Å². The lowest BCUT2D eigenvalue weighted by Gasteiger charge is -2.44. The minimum atomic E-state index is -0.797. The quantitative estimate of drug-likeness (QED) is 0.721. The zero-order chi connectivity index (χ0) is 18.4. The molecule has 0 heterocycles. The third kappa shape index (κ3) is 4.21. The molecule has 0 unspecified atom stereocenters. The molecular formula is C20H30N2O3. The van der Waals surface area contributed by atoms with E-state index in [1.54, 1.807) is 0 Å². The topological polar surface area (TPSA) is 69.6 Å². The summed E-state index contributed by atoms with van der Waals surface area (Å²) in [5.41, 5.74) is 0.576. The van der Waals surface area contributed by atoms with Crippen molar-refractivity contribution in [3.05, 3.63) is 35.9 Å². The van der Waals surface area contributed by atoms with Crippen molar-refractivity contribution in [2.24, 2.45) is 0 Å². The third-order valence-electron chi connectivity index (χ3n) is 5.68. The number of likely N-dealkylation sites (N-methyl/N-ethyl adjacent to an activating group) is 1. The summed E-state index contributed by atoms with van der Waals surface area (Å²) in [6, 6.07) is 10.4. The average Bonchev–Trinajstić information content (AvgIpc) is 2.58. The van der Waals surface area contributed by atoms with Gasteiger partial charge in [-0.15, -0.1) is 0 Å². The number of nitrogens with zero attached hydrogens (tertiary/aromatic N) is 1. The Labute approximate surface area is 150 Å². The second kappa shape index (κ2) is 8.48. The Kier molecular flexibility index (Phi) is 6.59. The molecule has 1 aromatic rings. The number of carboxylic acid groups (broad SMARTS) is 1. The van der Waals surface area contributed by atoms with Crippen LogP contribution in [0, 0.1) is 0 Å². The SMILES string of the molecule is CCN(CC(=O)O)C1CC(NC(=O)C(CC)(CC)c2ccccc2)C1. The van der Waals surface area contributed by atoms with Gasteiger partial charge in [0.2, 0.25) is 5.91 Å². The summed E-state index contributed by atoms with van der Waals surface area (Å²) in [4.78, 5) is 25.9. The Morgan fingerprint density at radius 1 is 1.16 bits per heavy atom. The van der Waals surface area contributed by atoms with Gasteiger partial charge in [0, 0.05) is 12.1 Å². The molecule has 25 heavy (non-hydrogen) atoms. The van der Waals surface area contributed by atoms with Crippen LogP contribution < -0.4 is 5.32 Å². The van der Waals surface area contributed by atoms with Crippen molar-refractivity contribution < 1.29 is 14.7 Å². The highest BCUT2D eigenvalue weighted by Crippen LogP contribution is 2.33. The summed E-state index contributed by atoms with van der Waals surface area (Å²) in [5.74, 6) is -0.706. The van der Waals surface area contributed by atoms with Crippen molar-refractivity contribution in [3.63, 3.8) is 0 Å². The molecule has 1 aliphatic carbocycles. The Morgan fingerprint density at radius 2 is 1.76 bits per heavy atom. The van der Waals surface area contributed by atoms with Gasteiger partial charge < -0.3 is 10.4 Å². The normalized spacial score (nSPS) is 20.2. The molecule has 0 bridgehead atoms. The number of benzene rings is 1. The summed E-state index contributed by atoms with van der Waals surface area (Å²) in [6.45, 7) is 6.88. The number of carbonyl (C=O) groups excluding carboxylic acids is 1. The fourth-order valence-corrected chi connectivity index (χ4v) is 3.87. The lowest BCUT2D eigenvalue weighted by atomic mass is 9.74. The standard InChI is InChI=1S/C20H30N2O3/c1-4-20(5-2,15-10-8-7-9-11-15)19(25)21-16-12-17(13-16)22(6-3)14-18(23)24/h7-11,16-17H,4-6,12-14H2,1-3H3,(H,21,25)(H,23,24). The number of aliphatic carboxylic acids is 1. The van der Waals surface area contributed by atoms with Gasteiger partial charge in [0.15, 0.2) is 0 Å². The molecule has 2 rings (SSSR count). The monoisotopic (exact) mass is 346 g/mol. The first-order valence-corrected chi connectivity index (χ1v) is 9.29. The predicted octanol–water partition coefficient (Wildman–Crippen LogP) is 2.80. The second-order valence-corrected chi connectivity index (χ2v) is 6.91. The molecule has 0 aliphatic heterocycles. The molecule has 0 aromatic heterocycles. The van der Waals surface area contributed by atoms with Crippen LogP contribution >= 0.6 is 0 Å². The highest BCUT2D eigenvalue weighted by molar-refractivity contribution is 5.88. The molecule has 1 saturated carbocycles. The van der Waals surface area contributed by atoms with Crippen LogP contribution in [0.5, 0.6) is 0 Å². The van der Waals surface area contributed by atoms with Gasteiger partial charge in [-0.05, 0) is 37.8 Å². The fraction of sp³-hybridized carbons (Fsp3) is 0.600. The van der Waals surface area contributed by atoms with E-state index in [2.05, 4.69) is 19.2 Å². The first-order valence-electron chi connectivity index (χ1n) is 9.29. The molecule has 1 amide bonds. The summed E-state index contributed by atoms with van der Waals surface area (Å²) < 4.78 is 0. The van der Waals surface area contributed by atoms with E-state index in [0.29, 0.717) is 0 Å². The van der Waals surface area contributed by atoms with Crippen LogP contribution in [0.4, 0.5) is 0 Å². The Balaban J connectivity index is 1.99. The number of rotatable bonds is 9. The Bertz CT molecular complexity index is 578. The smallest absolute Gasteiger partial charge is 0.317 e.